The predicted molar refractivity (Wildman–Crippen MR) is 127 cm³/mol. The molecule has 31 heavy (non-hydrogen) atoms. The Morgan fingerprint density at radius 2 is 1.81 bits per heavy atom. The Bertz CT molecular complexity index is 1020. The lowest BCUT2D eigenvalue weighted by atomic mass is 10.1. The van der Waals surface area contributed by atoms with E-state index < -0.39 is 0 Å². The van der Waals surface area contributed by atoms with Crippen molar-refractivity contribution in [3.63, 3.8) is 0 Å². The molecule has 1 N–H and O–H groups in total. The van der Waals surface area contributed by atoms with Gasteiger partial charge in [0.25, 0.3) is 0 Å². The maximum atomic E-state index is 12.0. The fraction of sp³-hybridized carbons (Fsp3) is 0.200. The van der Waals surface area contributed by atoms with Gasteiger partial charge in [0.1, 0.15) is 6.61 Å². The summed E-state index contributed by atoms with van der Waals surface area (Å²) in [7, 11) is 1.60. The summed E-state index contributed by atoms with van der Waals surface area (Å²) in [5.74, 6) is 2.27. The Kier molecular flexibility index (Phi) is 8.55. The van der Waals surface area contributed by atoms with Crippen molar-refractivity contribution >= 4 is 23.9 Å². The van der Waals surface area contributed by atoms with E-state index in [1.54, 1.807) is 25.1 Å². The molecule has 160 valence electrons. The van der Waals surface area contributed by atoms with Crippen LogP contribution in [0.2, 0.25) is 0 Å². The van der Waals surface area contributed by atoms with Crippen molar-refractivity contribution in [2.45, 2.75) is 19.3 Å². The summed E-state index contributed by atoms with van der Waals surface area (Å²) in [6.07, 6.45) is 1.59. The zero-order chi connectivity index (χ0) is 21.9. The minimum absolute atomic E-state index is 0.135. The van der Waals surface area contributed by atoms with Crippen LogP contribution in [0.3, 0.4) is 0 Å². The smallest absolute Gasteiger partial charge is 0.250 e. The van der Waals surface area contributed by atoms with Gasteiger partial charge in [-0.25, -0.2) is 5.43 Å². The molecule has 0 fully saturated rings. The van der Waals surface area contributed by atoms with Gasteiger partial charge in [-0.15, -0.1) is 11.8 Å². The molecule has 0 aromatic heterocycles. The number of hydrazone groups is 1. The number of nitrogens with zero attached hydrogens (tertiary/aromatic N) is 1. The molecule has 0 radical (unpaired) electrons. The fourth-order valence-corrected chi connectivity index (χ4v) is 3.75. The van der Waals surface area contributed by atoms with Gasteiger partial charge in [-0.05, 0) is 47.4 Å². The summed E-state index contributed by atoms with van der Waals surface area (Å²) in [5.41, 5.74) is 6.93. The maximum absolute atomic E-state index is 12.0. The van der Waals surface area contributed by atoms with Gasteiger partial charge in [0, 0.05) is 5.75 Å². The molecule has 1 amide bonds. The van der Waals surface area contributed by atoms with E-state index >= 15 is 0 Å². The van der Waals surface area contributed by atoms with E-state index in [1.165, 1.54) is 11.1 Å². The van der Waals surface area contributed by atoms with Gasteiger partial charge in [-0.1, -0.05) is 54.6 Å². The summed E-state index contributed by atoms with van der Waals surface area (Å²) < 4.78 is 11.3. The third-order valence-electron chi connectivity index (χ3n) is 4.58. The number of amides is 1. The lowest BCUT2D eigenvalue weighted by molar-refractivity contribution is -0.118. The molecule has 0 saturated heterocycles. The zero-order valence-electron chi connectivity index (χ0n) is 17.7. The van der Waals surface area contributed by atoms with Crippen LogP contribution in [0, 0.1) is 6.92 Å². The van der Waals surface area contributed by atoms with Crippen LogP contribution in [0.1, 0.15) is 22.3 Å². The van der Waals surface area contributed by atoms with Crippen molar-refractivity contribution in [1.82, 2.24) is 5.43 Å². The minimum Gasteiger partial charge on any atom is -0.493 e. The Morgan fingerprint density at radius 1 is 1.03 bits per heavy atom. The summed E-state index contributed by atoms with van der Waals surface area (Å²) in [6.45, 7) is 2.54. The molecule has 0 aliphatic heterocycles. The molecule has 3 aromatic carbocycles. The van der Waals surface area contributed by atoms with Gasteiger partial charge < -0.3 is 9.47 Å². The molecule has 6 heteroatoms. The quantitative estimate of drug-likeness (QED) is 0.362. The van der Waals surface area contributed by atoms with Gasteiger partial charge in [-0.2, -0.15) is 5.10 Å². The number of methoxy groups -OCH3 is 1. The maximum Gasteiger partial charge on any atom is 0.250 e. The van der Waals surface area contributed by atoms with E-state index in [0.717, 1.165) is 16.9 Å². The zero-order valence-corrected chi connectivity index (χ0v) is 18.5. The monoisotopic (exact) mass is 434 g/mol. The largest absolute Gasteiger partial charge is 0.493 e. The SMILES string of the molecule is COc1cc(/C=N\NC(=O)CSCc2ccccc2C)ccc1OCc1ccccc1. The first kappa shape index (κ1) is 22.4. The average molecular weight is 435 g/mol. The van der Waals surface area contributed by atoms with Crippen LogP contribution < -0.4 is 14.9 Å². The molecule has 0 unspecified atom stereocenters. The summed E-state index contributed by atoms with van der Waals surface area (Å²) in [4.78, 5) is 12.0. The second-order valence-electron chi connectivity index (χ2n) is 6.90. The molecule has 3 aromatic rings. The van der Waals surface area contributed by atoms with Gasteiger partial charge >= 0.3 is 0 Å². The lowest BCUT2D eigenvalue weighted by Crippen LogP contribution is -2.19. The highest BCUT2D eigenvalue weighted by atomic mass is 32.2. The highest BCUT2D eigenvalue weighted by molar-refractivity contribution is 7.99. The van der Waals surface area contributed by atoms with Crippen LogP contribution in [-0.4, -0.2) is 25.0 Å². The summed E-state index contributed by atoms with van der Waals surface area (Å²) in [6, 6.07) is 23.7. The summed E-state index contributed by atoms with van der Waals surface area (Å²) in [5, 5.41) is 4.05. The number of ether oxygens (including phenoxy) is 2. The Hall–Kier alpha value is -3.25. The molecule has 0 saturated carbocycles. The van der Waals surface area contributed by atoms with Crippen molar-refractivity contribution in [2.24, 2.45) is 5.10 Å². The molecule has 3 rings (SSSR count). The van der Waals surface area contributed by atoms with Crippen molar-refractivity contribution in [3.8, 4) is 11.5 Å². The molecule has 0 atom stereocenters. The molecule has 0 spiro atoms. The molecule has 5 nitrogen and oxygen atoms in total. The molecular weight excluding hydrogens is 408 g/mol. The van der Waals surface area contributed by atoms with Crippen molar-refractivity contribution < 1.29 is 14.3 Å². The van der Waals surface area contributed by atoms with Crippen molar-refractivity contribution in [1.29, 1.82) is 0 Å². The number of carbonyl (C=O) groups is 1. The Balaban J connectivity index is 1.47. The van der Waals surface area contributed by atoms with E-state index in [4.69, 9.17) is 9.47 Å². The number of carbonyl (C=O) groups excluding carboxylic acids is 1. The first-order valence-electron chi connectivity index (χ1n) is 9.94. The topological polar surface area (TPSA) is 59.9 Å². The minimum atomic E-state index is -0.135. The van der Waals surface area contributed by atoms with Gasteiger partial charge in [0.15, 0.2) is 11.5 Å². The number of thioether (sulfide) groups is 1. The molecule has 0 heterocycles. The van der Waals surface area contributed by atoms with Crippen LogP contribution >= 0.6 is 11.8 Å². The Labute approximate surface area is 187 Å². The first-order chi connectivity index (χ1) is 15.2. The number of rotatable bonds is 10. The van der Waals surface area contributed by atoms with Gasteiger partial charge in [0.05, 0.1) is 19.1 Å². The highest BCUT2D eigenvalue weighted by Gasteiger charge is 2.06. The van der Waals surface area contributed by atoms with E-state index in [0.29, 0.717) is 23.9 Å². The van der Waals surface area contributed by atoms with E-state index in [1.807, 2.05) is 60.7 Å². The predicted octanol–water partition coefficient (Wildman–Crippen LogP) is 4.97. The fourth-order valence-electron chi connectivity index (χ4n) is 2.86. The molecule has 0 aliphatic rings. The van der Waals surface area contributed by atoms with E-state index in [9.17, 15) is 4.79 Å². The van der Waals surface area contributed by atoms with Crippen LogP contribution in [0.15, 0.2) is 77.9 Å². The average Bonchev–Trinajstić information content (AvgIpc) is 2.80. The lowest BCUT2D eigenvalue weighted by Gasteiger charge is -2.11. The third-order valence-corrected chi connectivity index (χ3v) is 5.56. The standard InChI is InChI=1S/C25H26N2O3S/c1-19-8-6-7-11-22(19)17-31-18-25(28)27-26-15-21-12-13-23(24(14-21)29-2)30-16-20-9-4-3-5-10-20/h3-15H,16-18H2,1-2H3,(H,27,28)/b26-15-. The number of hydrogen-bond acceptors (Lipinski definition) is 5. The normalized spacial score (nSPS) is 10.8. The molecule has 0 aliphatic carbocycles. The second kappa shape index (κ2) is 11.8. The van der Waals surface area contributed by atoms with E-state index in [-0.39, 0.29) is 5.91 Å². The number of aryl methyl sites for hydroxylation is 1. The second-order valence-corrected chi connectivity index (χ2v) is 7.88. The van der Waals surface area contributed by atoms with Gasteiger partial charge in [0.2, 0.25) is 5.91 Å². The molecule has 0 bridgehead atoms. The van der Waals surface area contributed by atoms with Crippen LogP contribution in [0.25, 0.3) is 0 Å². The van der Waals surface area contributed by atoms with Crippen molar-refractivity contribution in [3.05, 3.63) is 95.1 Å². The van der Waals surface area contributed by atoms with Crippen LogP contribution in [-0.2, 0) is 17.2 Å². The van der Waals surface area contributed by atoms with Crippen LogP contribution in [0.4, 0.5) is 0 Å². The summed E-state index contributed by atoms with van der Waals surface area (Å²) >= 11 is 1.56. The Morgan fingerprint density at radius 3 is 2.58 bits per heavy atom. The molecular formula is C25H26N2O3S. The number of hydrogen-bond donors (Lipinski definition) is 1. The number of benzene rings is 3. The van der Waals surface area contributed by atoms with E-state index in [2.05, 4.69) is 29.6 Å². The van der Waals surface area contributed by atoms with Gasteiger partial charge in [-0.3, -0.25) is 4.79 Å². The highest BCUT2D eigenvalue weighted by Crippen LogP contribution is 2.28. The first-order valence-corrected chi connectivity index (χ1v) is 11.1. The third kappa shape index (κ3) is 7.19. The van der Waals surface area contributed by atoms with Crippen LogP contribution in [0.5, 0.6) is 11.5 Å². The van der Waals surface area contributed by atoms with Crippen molar-refractivity contribution in [2.75, 3.05) is 12.9 Å². The number of nitrogens with one attached hydrogen (secondary N) is 1.